The molecule has 1 heterocycles. The van der Waals surface area contributed by atoms with E-state index in [0.29, 0.717) is 30.2 Å². The summed E-state index contributed by atoms with van der Waals surface area (Å²) in [5.74, 6) is -0.502. The van der Waals surface area contributed by atoms with Gasteiger partial charge in [0.05, 0.1) is 18.3 Å². The summed E-state index contributed by atoms with van der Waals surface area (Å²) in [5.41, 5.74) is 3.86. The minimum atomic E-state index is -0.376. The van der Waals surface area contributed by atoms with Crippen LogP contribution in [0.5, 0.6) is 0 Å². The third-order valence-electron chi connectivity index (χ3n) is 6.55. The Balaban J connectivity index is 1.67. The average molecular weight is 441 g/mol. The number of nitrogens with one attached hydrogen (secondary N) is 1. The predicted molar refractivity (Wildman–Crippen MR) is 124 cm³/mol. The number of allylic oxidation sites excluding steroid dienone is 2. The molecule has 174 valence electrons. The smallest absolute Gasteiger partial charge is 0.336 e. The van der Waals surface area contributed by atoms with Crippen molar-refractivity contribution in [2.75, 3.05) is 27.3 Å². The van der Waals surface area contributed by atoms with E-state index in [1.165, 1.54) is 25.5 Å². The number of rotatable bonds is 9. The molecule has 6 nitrogen and oxygen atoms in total. The summed E-state index contributed by atoms with van der Waals surface area (Å²) < 4.78 is 10.8. The zero-order chi connectivity index (χ0) is 23.1. The Morgan fingerprint density at radius 1 is 1.03 bits per heavy atom. The van der Waals surface area contributed by atoms with Crippen molar-refractivity contribution in [3.8, 4) is 0 Å². The molecule has 0 spiro atoms. The maximum absolute atomic E-state index is 13.2. The molecule has 1 N–H and O–H groups in total. The molecule has 1 fully saturated rings. The van der Waals surface area contributed by atoms with Crippen LogP contribution in [0.15, 0.2) is 52.9 Å². The van der Waals surface area contributed by atoms with Crippen LogP contribution in [-0.2, 0) is 25.6 Å². The third-order valence-corrected chi connectivity index (χ3v) is 6.55. The van der Waals surface area contributed by atoms with Crippen LogP contribution in [0.3, 0.4) is 0 Å². The lowest BCUT2D eigenvalue weighted by Gasteiger charge is -2.31. The van der Waals surface area contributed by atoms with Crippen molar-refractivity contribution < 1.29 is 19.1 Å². The standard InChI is InChI=1S/C26H36N2O4/c1-18-23(25(29)31-4)22(16-20-10-8-9-11-20)24(19(2)27-18)26(30)32-15-14-28(3)17-21-12-6-5-7-13-21/h5-7,12-13,20,22,27H,8-11,14-17H2,1-4H3. The fourth-order valence-corrected chi connectivity index (χ4v) is 4.94. The van der Waals surface area contributed by atoms with Crippen LogP contribution in [0.2, 0.25) is 0 Å². The Morgan fingerprint density at radius 2 is 1.66 bits per heavy atom. The second-order valence-corrected chi connectivity index (χ2v) is 8.99. The van der Waals surface area contributed by atoms with E-state index in [-0.39, 0.29) is 17.9 Å². The third kappa shape index (κ3) is 6.00. The van der Waals surface area contributed by atoms with Gasteiger partial charge < -0.3 is 14.8 Å². The van der Waals surface area contributed by atoms with Crippen LogP contribution in [-0.4, -0.2) is 44.1 Å². The first-order valence-electron chi connectivity index (χ1n) is 11.6. The second-order valence-electron chi connectivity index (χ2n) is 8.99. The molecule has 0 bridgehead atoms. The second kappa shape index (κ2) is 11.3. The zero-order valence-electron chi connectivity index (χ0n) is 19.8. The number of dihydropyridines is 1. The Kier molecular flexibility index (Phi) is 8.51. The number of esters is 2. The van der Waals surface area contributed by atoms with E-state index in [2.05, 4.69) is 22.3 Å². The van der Waals surface area contributed by atoms with E-state index >= 15 is 0 Å². The number of likely N-dealkylation sites (N-methyl/N-ethyl adjacent to an activating group) is 1. The largest absolute Gasteiger partial charge is 0.466 e. The first-order chi connectivity index (χ1) is 15.4. The highest BCUT2D eigenvalue weighted by Gasteiger charge is 2.38. The zero-order valence-corrected chi connectivity index (χ0v) is 19.8. The molecule has 1 aliphatic heterocycles. The lowest BCUT2D eigenvalue weighted by molar-refractivity contribution is -0.140. The predicted octanol–water partition coefficient (Wildman–Crippen LogP) is 4.18. The normalized spacial score (nSPS) is 19.3. The van der Waals surface area contributed by atoms with Gasteiger partial charge in [0.15, 0.2) is 0 Å². The van der Waals surface area contributed by atoms with Gasteiger partial charge in [0, 0.05) is 30.4 Å². The van der Waals surface area contributed by atoms with E-state index in [9.17, 15) is 9.59 Å². The minimum Gasteiger partial charge on any atom is -0.466 e. The molecule has 1 saturated carbocycles. The number of hydrogen-bond donors (Lipinski definition) is 1. The van der Waals surface area contributed by atoms with Gasteiger partial charge in [0.25, 0.3) is 0 Å². The highest BCUT2D eigenvalue weighted by atomic mass is 16.5. The first-order valence-corrected chi connectivity index (χ1v) is 11.6. The molecule has 1 unspecified atom stereocenters. The molecule has 1 aromatic carbocycles. The molecule has 1 aliphatic carbocycles. The van der Waals surface area contributed by atoms with Crippen molar-refractivity contribution in [3.63, 3.8) is 0 Å². The number of benzene rings is 1. The van der Waals surface area contributed by atoms with E-state index in [1.54, 1.807) is 0 Å². The summed E-state index contributed by atoms with van der Waals surface area (Å²) in [6.45, 7) is 5.48. The number of carbonyl (C=O) groups excluding carboxylic acids is 2. The molecule has 0 saturated heterocycles. The van der Waals surface area contributed by atoms with E-state index in [0.717, 1.165) is 37.2 Å². The van der Waals surface area contributed by atoms with Gasteiger partial charge in [0.1, 0.15) is 6.61 Å². The van der Waals surface area contributed by atoms with Crippen LogP contribution in [0.1, 0.15) is 51.5 Å². The topological polar surface area (TPSA) is 67.9 Å². The average Bonchev–Trinajstić information content (AvgIpc) is 3.27. The van der Waals surface area contributed by atoms with E-state index in [4.69, 9.17) is 9.47 Å². The van der Waals surface area contributed by atoms with Gasteiger partial charge in [-0.15, -0.1) is 0 Å². The summed E-state index contributed by atoms with van der Waals surface area (Å²) in [6.07, 6.45) is 5.48. The summed E-state index contributed by atoms with van der Waals surface area (Å²) in [5, 5.41) is 3.21. The summed E-state index contributed by atoms with van der Waals surface area (Å²) in [4.78, 5) is 27.9. The summed E-state index contributed by atoms with van der Waals surface area (Å²) in [7, 11) is 3.40. The molecule has 0 radical (unpaired) electrons. The van der Waals surface area contributed by atoms with Crippen molar-refractivity contribution >= 4 is 11.9 Å². The summed E-state index contributed by atoms with van der Waals surface area (Å²) in [6, 6.07) is 10.2. The molecule has 0 aromatic heterocycles. The molecular weight excluding hydrogens is 404 g/mol. The number of methoxy groups -OCH3 is 1. The molecule has 1 atom stereocenters. The number of nitrogens with zero attached hydrogens (tertiary/aromatic N) is 1. The molecular formula is C26H36N2O4. The lowest BCUT2D eigenvalue weighted by Crippen LogP contribution is -2.35. The molecule has 3 rings (SSSR count). The van der Waals surface area contributed by atoms with Crippen LogP contribution >= 0.6 is 0 Å². The SMILES string of the molecule is COC(=O)C1=C(C)NC(C)=C(C(=O)OCCN(C)Cc2ccccc2)C1CC1CCCC1. The van der Waals surface area contributed by atoms with Crippen LogP contribution < -0.4 is 5.32 Å². The van der Waals surface area contributed by atoms with Gasteiger partial charge in [-0.3, -0.25) is 4.90 Å². The lowest BCUT2D eigenvalue weighted by atomic mass is 9.79. The Hall–Kier alpha value is -2.60. The van der Waals surface area contributed by atoms with E-state index in [1.807, 2.05) is 39.1 Å². The maximum atomic E-state index is 13.2. The van der Waals surface area contributed by atoms with Gasteiger partial charge in [-0.05, 0) is 38.8 Å². The van der Waals surface area contributed by atoms with Crippen molar-refractivity contribution in [1.29, 1.82) is 0 Å². The van der Waals surface area contributed by atoms with Crippen LogP contribution in [0.25, 0.3) is 0 Å². The van der Waals surface area contributed by atoms with Crippen molar-refractivity contribution in [2.24, 2.45) is 11.8 Å². The van der Waals surface area contributed by atoms with E-state index < -0.39 is 0 Å². The van der Waals surface area contributed by atoms with Gasteiger partial charge >= 0.3 is 11.9 Å². The molecule has 6 heteroatoms. The van der Waals surface area contributed by atoms with Gasteiger partial charge in [0.2, 0.25) is 0 Å². The molecule has 0 amide bonds. The van der Waals surface area contributed by atoms with Gasteiger partial charge in [-0.25, -0.2) is 9.59 Å². The Labute approximate surface area is 191 Å². The first kappa shape index (κ1) is 24.1. The molecule has 2 aliphatic rings. The monoisotopic (exact) mass is 440 g/mol. The van der Waals surface area contributed by atoms with Crippen molar-refractivity contribution in [1.82, 2.24) is 10.2 Å². The Bertz CT molecular complexity index is 869. The van der Waals surface area contributed by atoms with Crippen molar-refractivity contribution in [3.05, 3.63) is 58.4 Å². The maximum Gasteiger partial charge on any atom is 0.336 e. The highest BCUT2D eigenvalue weighted by molar-refractivity contribution is 5.97. The fourth-order valence-electron chi connectivity index (χ4n) is 4.94. The van der Waals surface area contributed by atoms with Crippen LogP contribution in [0, 0.1) is 11.8 Å². The summed E-state index contributed by atoms with van der Waals surface area (Å²) >= 11 is 0. The number of ether oxygens (including phenoxy) is 2. The van der Waals surface area contributed by atoms with Crippen molar-refractivity contribution in [2.45, 2.75) is 52.5 Å². The quantitative estimate of drug-likeness (QED) is 0.581. The van der Waals surface area contributed by atoms with Gasteiger partial charge in [-0.2, -0.15) is 0 Å². The number of carbonyl (C=O) groups is 2. The molecule has 32 heavy (non-hydrogen) atoms. The number of hydrogen-bond acceptors (Lipinski definition) is 6. The Morgan fingerprint density at radius 3 is 2.28 bits per heavy atom. The molecule has 1 aromatic rings. The minimum absolute atomic E-state index is 0.290. The van der Waals surface area contributed by atoms with Gasteiger partial charge in [-0.1, -0.05) is 56.0 Å². The van der Waals surface area contributed by atoms with Crippen LogP contribution in [0.4, 0.5) is 0 Å². The fraction of sp³-hybridized carbons (Fsp3) is 0.538. The highest BCUT2D eigenvalue weighted by Crippen LogP contribution is 2.40.